The lowest BCUT2D eigenvalue weighted by Gasteiger charge is -2.30. The van der Waals surface area contributed by atoms with E-state index in [0.717, 1.165) is 80.4 Å². The van der Waals surface area contributed by atoms with E-state index >= 15 is 0 Å². The van der Waals surface area contributed by atoms with E-state index in [4.69, 9.17) is 19.5 Å². The number of phosphoric ester groups is 3. The van der Waals surface area contributed by atoms with E-state index in [1.54, 1.807) is 0 Å². The Hall–Kier alpha value is -2.96. The van der Waals surface area contributed by atoms with Gasteiger partial charge in [0.2, 0.25) is 11.8 Å². The number of aliphatic hydroxyl groups excluding tert-OH is 2. The maximum atomic E-state index is 12.7. The average Bonchev–Trinajstić information content (AvgIpc) is 3.81. The van der Waals surface area contributed by atoms with Crippen LogP contribution in [-0.2, 0) is 50.7 Å². The number of aromatic nitrogens is 4. The number of anilines is 1. The fraction of sp³-hybridized carbons (Fsp3) is 0.692. The Morgan fingerprint density at radius 3 is 2.25 bits per heavy atom. The van der Waals surface area contributed by atoms with E-state index in [0.29, 0.717) is 12.2 Å². The van der Waals surface area contributed by atoms with Crippen LogP contribution in [0.15, 0.2) is 37.0 Å². The summed E-state index contributed by atoms with van der Waals surface area (Å²) < 4.78 is 62.4. The lowest BCUT2D eigenvalue weighted by Crippen LogP contribution is -2.46. The molecule has 1 saturated heterocycles. The van der Waals surface area contributed by atoms with Gasteiger partial charge in [0.1, 0.15) is 36.3 Å². The molecule has 1 aliphatic rings. The fourth-order valence-electron chi connectivity index (χ4n) is 6.45. The number of aliphatic hydroxyl groups is 2. The first kappa shape index (κ1) is 58.4. The number of carbonyl (C=O) groups is 3. The number of hydrogen-bond donors (Lipinski definition) is 9. The van der Waals surface area contributed by atoms with Crippen LogP contribution >= 0.6 is 35.2 Å². The second-order valence-corrected chi connectivity index (χ2v) is 21.7. The van der Waals surface area contributed by atoms with Gasteiger partial charge >= 0.3 is 23.5 Å². The summed E-state index contributed by atoms with van der Waals surface area (Å²) in [6, 6.07) is 0. The highest BCUT2D eigenvalue weighted by molar-refractivity contribution is 8.13. The van der Waals surface area contributed by atoms with E-state index < -0.39 is 84.6 Å². The van der Waals surface area contributed by atoms with Crippen molar-refractivity contribution < 1.29 is 80.5 Å². The van der Waals surface area contributed by atoms with Crippen LogP contribution in [0.3, 0.4) is 0 Å². The molecule has 10 N–H and O–H groups in total. The SMILES string of the molecule is CCCCC/C=C/C/C=C/CCCCCCCC(=O)SCCNC(=O)CCNC(=O)[C@H](O)C(C)(C)COP(=O)(O)OP(=O)(O)OC[C@H]1O[C@@H](n2cnc3c(N)ncnc32)[C@H](O)[C@@H]1OP(=O)(O)O. The van der Waals surface area contributed by atoms with Crippen molar-refractivity contribution in [2.45, 2.75) is 135 Å². The summed E-state index contributed by atoms with van der Waals surface area (Å²) in [6.07, 6.45) is 14.6. The van der Waals surface area contributed by atoms with Crippen molar-refractivity contribution in [3.8, 4) is 0 Å². The summed E-state index contributed by atoms with van der Waals surface area (Å²) in [5.41, 5.74) is 4.28. The van der Waals surface area contributed by atoms with Gasteiger partial charge < -0.3 is 50.9 Å². The van der Waals surface area contributed by atoms with Crippen LogP contribution in [0.2, 0.25) is 0 Å². The van der Waals surface area contributed by atoms with Crippen LogP contribution in [0.25, 0.3) is 11.2 Å². The van der Waals surface area contributed by atoms with E-state index in [9.17, 15) is 57.9 Å². The Labute approximate surface area is 393 Å². The number of ether oxygens (including phenoxy) is 1. The molecule has 2 aromatic heterocycles. The van der Waals surface area contributed by atoms with Gasteiger partial charge in [0.15, 0.2) is 22.8 Å². The second kappa shape index (κ2) is 28.6. The zero-order chi connectivity index (χ0) is 49.7. The lowest BCUT2D eigenvalue weighted by molar-refractivity contribution is -0.137. The predicted octanol–water partition coefficient (Wildman–Crippen LogP) is 4.48. The summed E-state index contributed by atoms with van der Waals surface area (Å²) >= 11 is 1.14. The molecule has 2 amide bonds. The van der Waals surface area contributed by atoms with Gasteiger partial charge in [0.05, 0.1) is 19.5 Å². The smallest absolute Gasteiger partial charge is 0.386 e. The van der Waals surface area contributed by atoms with Crippen molar-refractivity contribution in [1.82, 2.24) is 30.2 Å². The Morgan fingerprint density at radius 2 is 1.57 bits per heavy atom. The minimum absolute atomic E-state index is 0.0323. The van der Waals surface area contributed by atoms with Crippen LogP contribution in [-0.4, -0.2) is 123 Å². The number of thioether (sulfide) groups is 1. The number of nitrogens with one attached hydrogen (secondary N) is 2. The summed E-state index contributed by atoms with van der Waals surface area (Å²) in [4.78, 5) is 88.3. The molecule has 3 rings (SSSR count). The first-order valence-corrected chi connectivity index (χ1v) is 27.4. The molecule has 24 nitrogen and oxygen atoms in total. The molecule has 1 aliphatic heterocycles. The van der Waals surface area contributed by atoms with Crippen LogP contribution in [0.4, 0.5) is 5.82 Å². The van der Waals surface area contributed by atoms with E-state index in [1.807, 2.05) is 0 Å². The Balaban J connectivity index is 1.31. The third-order valence-electron chi connectivity index (χ3n) is 10.1. The number of nitrogen functional groups attached to an aromatic ring is 1. The molecule has 0 saturated carbocycles. The molecule has 2 unspecified atom stereocenters. The molecule has 1 fully saturated rings. The number of imidazole rings is 1. The van der Waals surface area contributed by atoms with E-state index in [1.165, 1.54) is 33.1 Å². The minimum Gasteiger partial charge on any atom is -0.386 e. The largest absolute Gasteiger partial charge is 0.481 e. The summed E-state index contributed by atoms with van der Waals surface area (Å²) in [5, 5.41) is 26.6. The van der Waals surface area contributed by atoms with Gasteiger partial charge in [0, 0.05) is 37.1 Å². The summed E-state index contributed by atoms with van der Waals surface area (Å²) in [5.74, 6) is -1.04. The third kappa shape index (κ3) is 21.7. The number of unbranched alkanes of at least 4 members (excludes halogenated alkanes) is 8. The maximum absolute atomic E-state index is 12.7. The number of rotatable bonds is 33. The Bertz CT molecular complexity index is 2090. The molecule has 2 aromatic rings. The average molecular weight is 1030 g/mol. The fourth-order valence-corrected chi connectivity index (χ4v) is 10.00. The number of phosphoric acid groups is 3. The topological polar surface area (TPSA) is 364 Å². The molecule has 0 bridgehead atoms. The first-order valence-electron chi connectivity index (χ1n) is 21.9. The molecule has 0 radical (unpaired) electrons. The van der Waals surface area contributed by atoms with Gasteiger partial charge in [-0.1, -0.05) is 88.9 Å². The summed E-state index contributed by atoms with van der Waals surface area (Å²) in [7, 11) is -16.4. The molecule has 0 aromatic carbocycles. The van der Waals surface area contributed by atoms with Gasteiger partial charge in [-0.2, -0.15) is 4.31 Å². The second-order valence-electron chi connectivity index (χ2n) is 16.3. The zero-order valence-corrected chi connectivity index (χ0v) is 41.4. The van der Waals surface area contributed by atoms with Crippen molar-refractivity contribution in [1.29, 1.82) is 0 Å². The van der Waals surface area contributed by atoms with Crippen molar-refractivity contribution in [3.63, 3.8) is 0 Å². The molecule has 67 heavy (non-hydrogen) atoms. The van der Waals surface area contributed by atoms with E-state index in [2.05, 4.69) is 65.6 Å². The summed E-state index contributed by atoms with van der Waals surface area (Å²) in [6.45, 7) is 2.76. The molecule has 7 atom stereocenters. The first-order chi connectivity index (χ1) is 31.6. The van der Waals surface area contributed by atoms with E-state index in [-0.39, 0.29) is 41.6 Å². The molecule has 3 heterocycles. The van der Waals surface area contributed by atoms with Crippen molar-refractivity contribution in [2.24, 2.45) is 5.41 Å². The van der Waals surface area contributed by atoms with Gasteiger partial charge in [-0.25, -0.2) is 28.6 Å². The number of nitrogens with two attached hydrogens (primary N) is 1. The minimum atomic E-state index is -5.58. The number of allylic oxidation sites excluding steroid dienone is 4. The molecular weight excluding hydrogens is 963 g/mol. The molecule has 28 heteroatoms. The number of hydrogen-bond acceptors (Lipinski definition) is 18. The van der Waals surface area contributed by atoms with Crippen LogP contribution in [0.1, 0.15) is 110 Å². The number of nitrogens with zero attached hydrogens (tertiary/aromatic N) is 4. The number of amides is 2. The van der Waals surface area contributed by atoms with Gasteiger partial charge in [-0.05, 0) is 38.5 Å². The van der Waals surface area contributed by atoms with Gasteiger partial charge in [0.25, 0.3) is 0 Å². The van der Waals surface area contributed by atoms with Gasteiger partial charge in [-0.15, -0.1) is 0 Å². The molecular formula is C39H66N7O17P3S. The highest BCUT2D eigenvalue weighted by atomic mass is 32.2. The number of carbonyl (C=O) groups excluding carboxylic acids is 3. The predicted molar refractivity (Wildman–Crippen MR) is 246 cm³/mol. The van der Waals surface area contributed by atoms with Gasteiger partial charge in [-0.3, -0.25) is 32.5 Å². The molecule has 0 spiro atoms. The van der Waals surface area contributed by atoms with Crippen LogP contribution in [0.5, 0.6) is 0 Å². The van der Waals surface area contributed by atoms with Crippen molar-refractivity contribution >= 4 is 69.1 Å². The van der Waals surface area contributed by atoms with Crippen LogP contribution in [0, 0.1) is 5.41 Å². The normalized spacial score (nSPS) is 20.3. The van der Waals surface area contributed by atoms with Crippen molar-refractivity contribution in [3.05, 3.63) is 37.0 Å². The Kier molecular flexibility index (Phi) is 24.9. The molecule has 380 valence electrons. The van der Waals surface area contributed by atoms with Crippen molar-refractivity contribution in [2.75, 3.05) is 37.8 Å². The Morgan fingerprint density at radius 1 is 0.910 bits per heavy atom. The van der Waals surface area contributed by atoms with Crippen LogP contribution < -0.4 is 16.4 Å². The zero-order valence-electron chi connectivity index (χ0n) is 37.9. The lowest BCUT2D eigenvalue weighted by atomic mass is 9.87. The third-order valence-corrected chi connectivity index (χ3v) is 14.1. The highest BCUT2D eigenvalue weighted by Crippen LogP contribution is 2.61. The number of fused-ring (bicyclic) bond motifs is 1. The monoisotopic (exact) mass is 1030 g/mol. The highest BCUT2D eigenvalue weighted by Gasteiger charge is 2.50. The standard InChI is InChI=1S/C39H66N7O17P3S/c1-4-5-6-7-8-9-10-11-12-13-14-15-16-17-18-19-30(48)67-23-22-41-29(47)20-21-42-37(51)34(50)39(2,3)25-60-66(57,58)63-65(55,56)59-24-28-33(62-64(52,53)54)32(49)38(61-28)46-27-45-31-35(40)43-26-44-36(31)46/h8-9,11-12,26-28,32-34,38,49-50H,4-7,10,13-25H2,1-3H3,(H,41,47)(H,42,51)(H,55,56)(H,57,58)(H2,40,43,44)(H2,52,53,54)/b9-8+,12-11+/t28-,32-,33-,34+,38-/m1/s1. The maximum Gasteiger partial charge on any atom is 0.481 e. The quantitative estimate of drug-likeness (QED) is 0.0270. The molecule has 0 aliphatic carbocycles.